The molecular weight excluding hydrogens is 305 g/mol. The van der Waals surface area contributed by atoms with Crippen LogP contribution in [0.5, 0.6) is 11.5 Å². The first-order chi connectivity index (χ1) is 8.65. The maximum absolute atomic E-state index is 14.1. The van der Waals surface area contributed by atoms with Crippen molar-refractivity contribution in [1.29, 1.82) is 0 Å². The minimum atomic E-state index is -0.927. The first-order valence-electron chi connectivity index (χ1n) is 5.75. The van der Waals surface area contributed by atoms with Crippen LogP contribution in [0.3, 0.4) is 0 Å². The van der Waals surface area contributed by atoms with Gasteiger partial charge < -0.3 is 19.9 Å². The zero-order chi connectivity index (χ0) is 13.1. The molecule has 1 heterocycles. The van der Waals surface area contributed by atoms with Crippen molar-refractivity contribution in [2.24, 2.45) is 0 Å². The molecule has 1 unspecified atom stereocenters. The molecule has 1 aliphatic heterocycles. The van der Waals surface area contributed by atoms with Crippen LogP contribution in [0, 0.1) is 5.82 Å². The minimum absolute atomic E-state index is 0.195. The fourth-order valence-corrected chi connectivity index (χ4v) is 2.35. The summed E-state index contributed by atoms with van der Waals surface area (Å²) in [4.78, 5) is 0. The predicted molar refractivity (Wildman–Crippen MR) is 68.6 cm³/mol. The normalized spacial score (nSPS) is 16.2. The second-order valence-electron chi connectivity index (χ2n) is 4.04. The van der Waals surface area contributed by atoms with E-state index in [9.17, 15) is 9.50 Å². The van der Waals surface area contributed by atoms with E-state index in [1.165, 1.54) is 6.07 Å². The number of fused-ring (bicyclic) bond motifs is 1. The Hall–Kier alpha value is -0.850. The lowest BCUT2D eigenvalue weighted by Gasteiger charge is -2.16. The Labute approximate surface area is 113 Å². The summed E-state index contributed by atoms with van der Waals surface area (Å²) in [6.45, 7) is 1.28. The largest absolute Gasteiger partial charge is 0.490 e. The van der Waals surface area contributed by atoms with Gasteiger partial charge >= 0.3 is 0 Å². The van der Waals surface area contributed by atoms with E-state index in [4.69, 9.17) is 9.47 Å². The van der Waals surface area contributed by atoms with E-state index in [2.05, 4.69) is 21.2 Å². The van der Waals surface area contributed by atoms with Crippen molar-refractivity contribution in [3.05, 3.63) is 21.9 Å². The highest BCUT2D eigenvalue weighted by molar-refractivity contribution is 9.10. The summed E-state index contributed by atoms with van der Waals surface area (Å²) in [6.07, 6.45) is -0.180. The molecular formula is C12H15BrFNO3. The highest BCUT2D eigenvalue weighted by Crippen LogP contribution is 2.41. The lowest BCUT2D eigenvalue weighted by Crippen LogP contribution is -2.18. The van der Waals surface area contributed by atoms with E-state index < -0.39 is 11.9 Å². The smallest absolute Gasteiger partial charge is 0.178 e. The number of aliphatic hydroxyl groups excluding tert-OH is 1. The van der Waals surface area contributed by atoms with Crippen LogP contribution < -0.4 is 14.8 Å². The van der Waals surface area contributed by atoms with Gasteiger partial charge in [-0.15, -0.1) is 0 Å². The van der Waals surface area contributed by atoms with Crippen LogP contribution in [0.15, 0.2) is 10.5 Å². The molecule has 4 nitrogen and oxygen atoms in total. The molecule has 1 aromatic carbocycles. The molecule has 18 heavy (non-hydrogen) atoms. The third-order valence-electron chi connectivity index (χ3n) is 2.71. The molecule has 0 saturated carbocycles. The van der Waals surface area contributed by atoms with Crippen LogP contribution in [-0.2, 0) is 0 Å². The number of rotatable bonds is 3. The van der Waals surface area contributed by atoms with Gasteiger partial charge in [0.1, 0.15) is 5.82 Å². The Bertz CT molecular complexity index is 442. The zero-order valence-corrected chi connectivity index (χ0v) is 11.6. The number of ether oxygens (including phenoxy) is 2. The number of likely N-dealkylation sites (N-methyl/N-ethyl adjacent to an activating group) is 1. The van der Waals surface area contributed by atoms with Gasteiger partial charge in [0.25, 0.3) is 0 Å². The van der Waals surface area contributed by atoms with Crippen molar-refractivity contribution in [3.63, 3.8) is 0 Å². The molecule has 0 aromatic heterocycles. The van der Waals surface area contributed by atoms with Gasteiger partial charge in [-0.1, -0.05) is 0 Å². The number of hydrogen-bond acceptors (Lipinski definition) is 4. The van der Waals surface area contributed by atoms with Crippen molar-refractivity contribution in [1.82, 2.24) is 5.32 Å². The number of hydrogen-bond donors (Lipinski definition) is 2. The Balaban J connectivity index is 2.43. The van der Waals surface area contributed by atoms with Gasteiger partial charge in [0.15, 0.2) is 11.5 Å². The zero-order valence-electron chi connectivity index (χ0n) is 10.0. The Morgan fingerprint density at radius 2 is 2.22 bits per heavy atom. The average molecular weight is 320 g/mol. The van der Waals surface area contributed by atoms with Crippen molar-refractivity contribution in [2.75, 3.05) is 26.8 Å². The van der Waals surface area contributed by atoms with Crippen LogP contribution in [0.25, 0.3) is 0 Å². The lowest BCUT2D eigenvalue weighted by molar-refractivity contribution is 0.172. The Kier molecular flexibility index (Phi) is 4.42. The Morgan fingerprint density at radius 1 is 1.50 bits per heavy atom. The molecule has 1 aromatic rings. The third-order valence-corrected chi connectivity index (χ3v) is 3.41. The van der Waals surface area contributed by atoms with Gasteiger partial charge in [-0.25, -0.2) is 4.39 Å². The lowest BCUT2D eigenvalue weighted by atomic mass is 10.1. The van der Waals surface area contributed by atoms with E-state index >= 15 is 0 Å². The van der Waals surface area contributed by atoms with E-state index in [0.717, 1.165) is 6.42 Å². The van der Waals surface area contributed by atoms with E-state index in [1.54, 1.807) is 7.05 Å². The molecule has 0 fully saturated rings. The number of halogens is 2. The second-order valence-corrected chi connectivity index (χ2v) is 4.84. The van der Waals surface area contributed by atoms with Crippen molar-refractivity contribution < 1.29 is 19.0 Å². The molecule has 0 aliphatic carbocycles. The van der Waals surface area contributed by atoms with Crippen molar-refractivity contribution >= 4 is 15.9 Å². The van der Waals surface area contributed by atoms with Crippen LogP contribution in [0.4, 0.5) is 4.39 Å². The predicted octanol–water partition coefficient (Wildman–Crippen LogP) is 2.00. The second kappa shape index (κ2) is 5.86. The molecule has 1 aliphatic rings. The summed E-state index contributed by atoms with van der Waals surface area (Å²) in [5.74, 6) is 0.318. The summed E-state index contributed by atoms with van der Waals surface area (Å²) in [5.41, 5.74) is 0.195. The number of aliphatic hydroxyl groups is 1. The van der Waals surface area contributed by atoms with Gasteiger partial charge in [-0.05, 0) is 29.0 Å². The maximum atomic E-state index is 14.1. The minimum Gasteiger partial charge on any atom is -0.490 e. The van der Waals surface area contributed by atoms with Crippen LogP contribution in [0.2, 0.25) is 0 Å². The van der Waals surface area contributed by atoms with Gasteiger partial charge in [0, 0.05) is 18.5 Å². The summed E-state index contributed by atoms with van der Waals surface area (Å²) in [5, 5.41) is 12.7. The molecule has 0 saturated heterocycles. The Morgan fingerprint density at radius 3 is 2.94 bits per heavy atom. The monoisotopic (exact) mass is 319 g/mol. The summed E-state index contributed by atoms with van der Waals surface area (Å²) in [6, 6.07) is 1.50. The van der Waals surface area contributed by atoms with E-state index in [-0.39, 0.29) is 16.6 Å². The van der Waals surface area contributed by atoms with Crippen molar-refractivity contribution in [2.45, 2.75) is 12.5 Å². The molecule has 6 heteroatoms. The summed E-state index contributed by atoms with van der Waals surface area (Å²) >= 11 is 3.16. The third kappa shape index (κ3) is 2.60. The standard InChI is InChI=1S/C12H15BrFNO3/c1-15-6-8(16)7-5-9-12(10(13)11(7)14)18-4-2-3-17-9/h5,8,15-16H,2-4,6H2,1H3. The SMILES string of the molecule is CNCC(O)c1cc2c(c(Br)c1F)OCCCO2. The molecule has 2 rings (SSSR count). The molecule has 100 valence electrons. The van der Waals surface area contributed by atoms with Gasteiger partial charge in [-0.2, -0.15) is 0 Å². The highest BCUT2D eigenvalue weighted by Gasteiger charge is 2.23. The fourth-order valence-electron chi connectivity index (χ4n) is 1.81. The fraction of sp³-hybridized carbons (Fsp3) is 0.500. The van der Waals surface area contributed by atoms with Crippen LogP contribution in [0.1, 0.15) is 18.1 Å². The van der Waals surface area contributed by atoms with Gasteiger partial charge in [0.05, 0.1) is 23.8 Å². The number of benzene rings is 1. The molecule has 0 bridgehead atoms. The molecule has 0 radical (unpaired) electrons. The molecule has 2 N–H and O–H groups in total. The quantitative estimate of drug-likeness (QED) is 0.894. The first kappa shape index (κ1) is 13.6. The van der Waals surface area contributed by atoms with E-state index in [1.807, 2.05) is 0 Å². The molecule has 1 atom stereocenters. The summed E-state index contributed by atoms with van der Waals surface area (Å²) in [7, 11) is 1.69. The molecule has 0 amide bonds. The van der Waals surface area contributed by atoms with Gasteiger partial charge in [-0.3, -0.25) is 0 Å². The highest BCUT2D eigenvalue weighted by atomic mass is 79.9. The maximum Gasteiger partial charge on any atom is 0.178 e. The van der Waals surface area contributed by atoms with Crippen LogP contribution in [-0.4, -0.2) is 31.9 Å². The van der Waals surface area contributed by atoms with Crippen LogP contribution >= 0.6 is 15.9 Å². The summed E-state index contributed by atoms with van der Waals surface area (Å²) < 4.78 is 25.3. The number of nitrogens with one attached hydrogen (secondary N) is 1. The average Bonchev–Trinajstić information content (AvgIpc) is 2.59. The molecule has 0 spiro atoms. The van der Waals surface area contributed by atoms with E-state index in [0.29, 0.717) is 24.7 Å². The van der Waals surface area contributed by atoms with Crippen molar-refractivity contribution in [3.8, 4) is 11.5 Å². The first-order valence-corrected chi connectivity index (χ1v) is 6.54. The topological polar surface area (TPSA) is 50.7 Å². The van der Waals surface area contributed by atoms with Gasteiger partial charge in [0.2, 0.25) is 0 Å².